The van der Waals surface area contributed by atoms with E-state index in [0.717, 1.165) is 10.7 Å². The lowest BCUT2D eigenvalue weighted by Gasteiger charge is -2.15. The van der Waals surface area contributed by atoms with E-state index in [1.165, 1.54) is 30.5 Å². The Hall–Kier alpha value is -5.28. The van der Waals surface area contributed by atoms with Crippen molar-refractivity contribution in [2.24, 2.45) is 21.2 Å². The first-order valence-electron chi connectivity index (χ1n) is 11.0. The molecule has 3 rings (SSSR count). The number of terminal acetylenes is 1. The lowest BCUT2D eigenvalue weighted by atomic mass is 10.0. The molecule has 0 saturated carbocycles. The normalized spacial score (nSPS) is 11.6. The number of aromatic nitrogens is 3. The summed E-state index contributed by atoms with van der Waals surface area (Å²) in [5.41, 5.74) is 0.228. The van der Waals surface area contributed by atoms with E-state index in [4.69, 9.17) is 23.9 Å². The Morgan fingerprint density at radius 1 is 1.27 bits per heavy atom. The van der Waals surface area contributed by atoms with Gasteiger partial charge in [0.25, 0.3) is 17.6 Å². The number of rotatable bonds is 7. The van der Waals surface area contributed by atoms with Gasteiger partial charge in [0.1, 0.15) is 5.69 Å². The number of nitriles is 1. The molecule has 0 aliphatic heterocycles. The zero-order valence-electron chi connectivity index (χ0n) is 20.5. The van der Waals surface area contributed by atoms with Gasteiger partial charge in [-0.05, 0) is 42.8 Å². The summed E-state index contributed by atoms with van der Waals surface area (Å²) in [6, 6.07) is 8.80. The van der Waals surface area contributed by atoms with Crippen LogP contribution in [0, 0.1) is 30.6 Å². The molecular weight excluding hydrogens is 553 g/mol. The third-order valence-corrected chi connectivity index (χ3v) is 5.32. The highest BCUT2D eigenvalue weighted by Crippen LogP contribution is 2.26. The zero-order chi connectivity index (χ0) is 29.4. The summed E-state index contributed by atoms with van der Waals surface area (Å²) in [5.74, 6) is 3.89. The van der Waals surface area contributed by atoms with Crippen molar-refractivity contribution in [1.82, 2.24) is 20.1 Å². The molecule has 2 amide bonds. The van der Waals surface area contributed by atoms with Gasteiger partial charge in [0.15, 0.2) is 5.82 Å². The van der Waals surface area contributed by atoms with Gasteiger partial charge in [-0.2, -0.15) is 23.5 Å². The maximum atomic E-state index is 13.5. The minimum atomic E-state index is -4.94. The molecule has 0 spiro atoms. The fourth-order valence-electron chi connectivity index (χ4n) is 3.35. The lowest BCUT2D eigenvalue weighted by Crippen LogP contribution is -2.26. The molecule has 0 saturated heterocycles. The largest absolute Gasteiger partial charge is 0.453 e. The van der Waals surface area contributed by atoms with Gasteiger partial charge >= 0.3 is 6.18 Å². The molecule has 204 valence electrons. The second kappa shape index (κ2) is 12.5. The molecule has 0 atom stereocenters. The summed E-state index contributed by atoms with van der Waals surface area (Å²) in [6.07, 6.45) is 1.62. The fourth-order valence-corrected chi connectivity index (χ4v) is 3.55. The van der Waals surface area contributed by atoms with Crippen LogP contribution in [0.5, 0.6) is 0 Å². The summed E-state index contributed by atoms with van der Waals surface area (Å²) < 4.78 is 40.4. The number of alkyl halides is 3. The van der Waals surface area contributed by atoms with Crippen molar-refractivity contribution < 1.29 is 22.8 Å². The minimum absolute atomic E-state index is 0.00854. The predicted molar refractivity (Wildman–Crippen MR) is 138 cm³/mol. The maximum Gasteiger partial charge on any atom is 0.453 e. The Bertz CT molecular complexity index is 1600. The quantitative estimate of drug-likeness (QED) is 0.0977. The van der Waals surface area contributed by atoms with Crippen molar-refractivity contribution in [2.45, 2.75) is 19.6 Å². The first-order chi connectivity index (χ1) is 19.0. The van der Waals surface area contributed by atoms with Crippen LogP contribution in [-0.2, 0) is 6.54 Å². The van der Waals surface area contributed by atoms with Crippen LogP contribution in [0.1, 0.15) is 37.7 Å². The first kappa shape index (κ1) is 29.3. The Kier molecular flexibility index (Phi) is 9.16. The maximum absolute atomic E-state index is 13.5. The number of nitrogens with one attached hydrogen (secondary N) is 2. The van der Waals surface area contributed by atoms with Gasteiger partial charge in [0, 0.05) is 6.20 Å². The summed E-state index contributed by atoms with van der Waals surface area (Å²) >= 11 is 6.24. The lowest BCUT2D eigenvalue weighted by molar-refractivity contribution is -0.0603. The molecule has 2 heterocycles. The molecule has 2 aromatic heterocycles. The van der Waals surface area contributed by atoms with Gasteiger partial charge in [-0.1, -0.05) is 22.7 Å². The van der Waals surface area contributed by atoms with E-state index in [1.807, 2.05) is 6.07 Å². The van der Waals surface area contributed by atoms with E-state index in [1.54, 1.807) is 6.92 Å². The third-order valence-electron chi connectivity index (χ3n) is 5.03. The molecule has 0 radical (unpaired) electrons. The highest BCUT2D eigenvalue weighted by atomic mass is 35.5. The number of amidine groups is 1. The van der Waals surface area contributed by atoms with Crippen molar-refractivity contribution in [3.8, 4) is 24.2 Å². The van der Waals surface area contributed by atoms with Crippen LogP contribution in [0.3, 0.4) is 0 Å². The van der Waals surface area contributed by atoms with Gasteiger partial charge in [-0.3, -0.25) is 14.6 Å². The van der Waals surface area contributed by atoms with Crippen molar-refractivity contribution in [1.29, 1.82) is 5.26 Å². The number of aryl methyl sites for hydroxylation is 1. The summed E-state index contributed by atoms with van der Waals surface area (Å²) in [7, 11) is 0. The van der Waals surface area contributed by atoms with Gasteiger partial charge in [0.2, 0.25) is 0 Å². The molecule has 0 fully saturated rings. The average Bonchev–Trinajstić information content (AvgIpc) is 3.34. The average molecular weight is 571 g/mol. The van der Waals surface area contributed by atoms with Crippen molar-refractivity contribution in [3.05, 3.63) is 69.6 Å². The molecule has 3 aromatic rings. The fraction of sp³-hybridized carbons (Fsp3) is 0.167. The van der Waals surface area contributed by atoms with Crippen LogP contribution < -0.4 is 16.5 Å². The number of aliphatic imine (C=N–C) groups is 1. The number of benzene rings is 1. The van der Waals surface area contributed by atoms with Gasteiger partial charge < -0.3 is 16.5 Å². The zero-order valence-corrected chi connectivity index (χ0v) is 21.2. The molecular formula is C24H18ClF3N10O2. The van der Waals surface area contributed by atoms with E-state index in [9.17, 15) is 28.0 Å². The Labute approximate surface area is 229 Å². The van der Waals surface area contributed by atoms with Crippen LogP contribution in [0.15, 0.2) is 51.9 Å². The van der Waals surface area contributed by atoms with E-state index >= 15 is 0 Å². The number of carbonyl (C=O) groups is 2. The number of hydrogen-bond acceptors (Lipinski definition) is 7. The van der Waals surface area contributed by atoms with E-state index in [2.05, 4.69) is 42.0 Å². The molecule has 0 bridgehead atoms. The SMILES string of the molecule is C#CCNC(=O)c1cc(C#N)cc(C)c1NC(=O)c1cc(CN=C(N=NN)C(F)(F)F)nn1-c1ncccc1Cl. The number of pyridine rings is 1. The third kappa shape index (κ3) is 6.77. The Morgan fingerprint density at radius 3 is 2.65 bits per heavy atom. The second-order valence-electron chi connectivity index (χ2n) is 7.76. The number of nitrogens with two attached hydrogens (primary N) is 1. The Balaban J connectivity index is 2.10. The highest BCUT2D eigenvalue weighted by molar-refractivity contribution is 6.32. The van der Waals surface area contributed by atoms with Crippen LogP contribution >= 0.6 is 11.6 Å². The van der Waals surface area contributed by atoms with Gasteiger partial charge in [0.05, 0.1) is 46.7 Å². The Morgan fingerprint density at radius 2 is 2.02 bits per heavy atom. The summed E-state index contributed by atoms with van der Waals surface area (Å²) in [5, 5.41) is 24.0. The standard InChI is InChI=1S/C24H18ClF3N10O2/c1-3-6-32-21(39)16-9-14(11-29)8-13(2)19(16)34-22(40)18-10-15(12-33-23(35-37-30)24(26,27)28)36-38(18)20-17(25)5-4-7-31-20/h1,4-5,7-10H,6,12H2,2H3,(H,32,39)(H,34,40)(H2,30,33,35). The number of nitrogens with zero attached hydrogens (tertiary/aromatic N) is 7. The number of amides is 2. The second-order valence-corrected chi connectivity index (χ2v) is 8.17. The number of carbonyl (C=O) groups excluding carboxylic acids is 2. The molecule has 12 nitrogen and oxygen atoms in total. The molecule has 4 N–H and O–H groups in total. The number of hydrogen-bond donors (Lipinski definition) is 3. The summed E-state index contributed by atoms with van der Waals surface area (Å²) in [4.78, 5) is 33.7. The van der Waals surface area contributed by atoms with Crippen molar-refractivity contribution >= 4 is 34.9 Å². The van der Waals surface area contributed by atoms with Crippen LogP contribution in [0.2, 0.25) is 5.02 Å². The van der Waals surface area contributed by atoms with E-state index in [0.29, 0.717) is 5.56 Å². The van der Waals surface area contributed by atoms with E-state index < -0.39 is 30.4 Å². The van der Waals surface area contributed by atoms with Crippen LogP contribution in [0.25, 0.3) is 5.82 Å². The van der Waals surface area contributed by atoms with Crippen molar-refractivity contribution in [2.75, 3.05) is 11.9 Å². The molecule has 0 unspecified atom stereocenters. The summed E-state index contributed by atoms with van der Waals surface area (Å²) in [6.45, 7) is 0.786. The highest BCUT2D eigenvalue weighted by Gasteiger charge is 2.36. The van der Waals surface area contributed by atoms with E-state index in [-0.39, 0.29) is 45.6 Å². The van der Waals surface area contributed by atoms with Gasteiger partial charge in [-0.25, -0.2) is 9.67 Å². The molecule has 0 aliphatic rings. The molecule has 16 heteroatoms. The predicted octanol–water partition coefficient (Wildman–Crippen LogP) is 3.50. The van der Waals surface area contributed by atoms with Crippen molar-refractivity contribution in [3.63, 3.8) is 0 Å². The molecule has 0 aliphatic carbocycles. The van der Waals surface area contributed by atoms with Crippen LogP contribution in [0.4, 0.5) is 18.9 Å². The number of halogens is 4. The smallest absolute Gasteiger partial charge is 0.341 e. The van der Waals surface area contributed by atoms with Crippen LogP contribution in [-0.4, -0.2) is 45.1 Å². The molecule has 40 heavy (non-hydrogen) atoms. The minimum Gasteiger partial charge on any atom is -0.341 e. The first-order valence-corrected chi connectivity index (χ1v) is 11.4. The number of anilines is 1. The monoisotopic (exact) mass is 570 g/mol. The topological polar surface area (TPSA) is 176 Å². The van der Waals surface area contributed by atoms with Gasteiger partial charge in [-0.15, -0.1) is 11.5 Å². The molecule has 1 aromatic carbocycles.